The van der Waals surface area contributed by atoms with Gasteiger partial charge in [-0.25, -0.2) is 10.1 Å². The van der Waals surface area contributed by atoms with E-state index in [-0.39, 0.29) is 6.42 Å². The minimum absolute atomic E-state index is 0.268. The number of hydrogen-bond donors (Lipinski definition) is 0. The lowest BCUT2D eigenvalue weighted by Crippen LogP contribution is -2.42. The number of carbonyl (C=O) groups is 1. The Hall–Kier alpha value is -3.11. The number of nitrogens with zero attached hydrogens (tertiary/aromatic N) is 4. The van der Waals surface area contributed by atoms with Crippen LogP contribution in [0.4, 0.5) is 11.4 Å². The lowest BCUT2D eigenvalue weighted by Gasteiger charge is -2.17. The van der Waals surface area contributed by atoms with E-state index in [0.29, 0.717) is 11.1 Å². The minimum atomic E-state index is -1.15. The fourth-order valence-corrected chi connectivity index (χ4v) is 1.67. The molecule has 0 saturated carbocycles. The van der Waals surface area contributed by atoms with Crippen LogP contribution >= 0.6 is 0 Å². The van der Waals surface area contributed by atoms with Gasteiger partial charge in [-0.3, -0.25) is 25.0 Å². The molecule has 0 saturated heterocycles. The van der Waals surface area contributed by atoms with Crippen molar-refractivity contribution in [3.63, 3.8) is 0 Å². The predicted octanol–water partition coefficient (Wildman–Crippen LogP) is 1.94. The van der Waals surface area contributed by atoms with Crippen LogP contribution in [0.3, 0.4) is 0 Å². The van der Waals surface area contributed by atoms with Gasteiger partial charge in [-0.2, -0.15) is 0 Å². The molecule has 22 heavy (non-hydrogen) atoms. The van der Waals surface area contributed by atoms with Crippen molar-refractivity contribution in [1.29, 1.82) is 0 Å². The van der Waals surface area contributed by atoms with Crippen LogP contribution in [-0.4, -0.2) is 31.8 Å². The minimum Gasteiger partial charge on any atom is -0.263 e. The molecule has 0 aromatic heterocycles. The predicted molar refractivity (Wildman–Crippen MR) is 72.7 cm³/mol. The average Bonchev–Trinajstić information content (AvgIpc) is 2.45. The van der Waals surface area contributed by atoms with Gasteiger partial charge in [-0.1, -0.05) is 11.9 Å². The van der Waals surface area contributed by atoms with Gasteiger partial charge in [0.15, 0.2) is 5.03 Å². The molecule has 11 heteroatoms. The molecule has 1 aromatic rings. The van der Waals surface area contributed by atoms with Gasteiger partial charge in [0.05, 0.1) is 27.5 Å². The van der Waals surface area contributed by atoms with Crippen molar-refractivity contribution in [2.75, 3.05) is 0 Å². The van der Waals surface area contributed by atoms with E-state index in [0.717, 1.165) is 12.1 Å². The normalized spacial score (nSPS) is 11.5. The third-order valence-electron chi connectivity index (χ3n) is 2.96. The SMILES string of the molecule is CCC(C)N(C(=O)c1cc([N+](=O)[O-])cc([N+](=O)[O-])c1)[N+](=O)[O-]. The zero-order chi connectivity index (χ0) is 17.0. The van der Waals surface area contributed by atoms with Crippen molar-refractivity contribution in [1.82, 2.24) is 5.01 Å². The maximum atomic E-state index is 12.2. The first-order valence-electron chi connectivity index (χ1n) is 6.10. The third kappa shape index (κ3) is 3.50. The highest BCUT2D eigenvalue weighted by atomic mass is 16.7. The van der Waals surface area contributed by atoms with Crippen LogP contribution in [0.15, 0.2) is 18.2 Å². The second-order valence-corrected chi connectivity index (χ2v) is 4.40. The van der Waals surface area contributed by atoms with E-state index >= 15 is 0 Å². The van der Waals surface area contributed by atoms with Gasteiger partial charge in [0.25, 0.3) is 11.4 Å². The highest BCUT2D eigenvalue weighted by Gasteiger charge is 2.32. The summed E-state index contributed by atoms with van der Waals surface area (Å²) in [5.41, 5.74) is -1.87. The lowest BCUT2D eigenvalue weighted by atomic mass is 10.1. The zero-order valence-corrected chi connectivity index (χ0v) is 11.7. The van der Waals surface area contributed by atoms with Gasteiger partial charge in [0, 0.05) is 12.1 Å². The van der Waals surface area contributed by atoms with E-state index in [1.165, 1.54) is 6.92 Å². The molecule has 11 nitrogen and oxygen atoms in total. The molecule has 0 aliphatic rings. The zero-order valence-electron chi connectivity index (χ0n) is 11.7. The van der Waals surface area contributed by atoms with Gasteiger partial charge in [0.2, 0.25) is 0 Å². The average molecular weight is 312 g/mol. The highest BCUT2D eigenvalue weighted by Crippen LogP contribution is 2.24. The molecule has 1 unspecified atom stereocenters. The number of nitro groups is 3. The van der Waals surface area contributed by atoms with Crippen molar-refractivity contribution in [3.05, 3.63) is 54.1 Å². The first kappa shape index (κ1) is 16.9. The maximum Gasteiger partial charge on any atom is 0.314 e. The van der Waals surface area contributed by atoms with Crippen LogP contribution in [0.1, 0.15) is 30.6 Å². The van der Waals surface area contributed by atoms with Crippen LogP contribution in [-0.2, 0) is 0 Å². The molecule has 0 aliphatic heterocycles. The summed E-state index contributed by atoms with van der Waals surface area (Å²) in [7, 11) is 0. The topological polar surface area (TPSA) is 150 Å². The second kappa shape index (κ2) is 6.56. The van der Waals surface area contributed by atoms with Gasteiger partial charge >= 0.3 is 5.91 Å². The van der Waals surface area contributed by atoms with E-state index in [1.54, 1.807) is 6.92 Å². The van der Waals surface area contributed by atoms with Crippen molar-refractivity contribution in [2.24, 2.45) is 0 Å². The van der Waals surface area contributed by atoms with Crippen LogP contribution < -0.4 is 0 Å². The number of carbonyl (C=O) groups excluding carboxylic acids is 1. The van der Waals surface area contributed by atoms with E-state index in [2.05, 4.69) is 0 Å². The molecule has 0 fully saturated rings. The molecule has 1 rings (SSSR count). The molecule has 1 amide bonds. The molecule has 1 atom stereocenters. The molecule has 0 aliphatic carbocycles. The van der Waals surface area contributed by atoms with Gasteiger partial charge in [0.1, 0.15) is 0 Å². The Bertz CT molecular complexity index is 613. The smallest absolute Gasteiger partial charge is 0.263 e. The Morgan fingerprint density at radius 2 is 1.55 bits per heavy atom. The first-order chi connectivity index (χ1) is 10.2. The molecule has 0 spiro atoms. The molecule has 0 radical (unpaired) electrons. The Morgan fingerprint density at radius 3 is 1.86 bits per heavy atom. The van der Waals surface area contributed by atoms with E-state index in [4.69, 9.17) is 0 Å². The van der Waals surface area contributed by atoms with Crippen molar-refractivity contribution < 1.29 is 19.7 Å². The van der Waals surface area contributed by atoms with Crippen LogP contribution in [0, 0.1) is 30.3 Å². The summed E-state index contributed by atoms with van der Waals surface area (Å²) in [6, 6.07) is 1.44. The monoisotopic (exact) mass is 312 g/mol. The van der Waals surface area contributed by atoms with Gasteiger partial charge in [-0.05, 0) is 13.3 Å². The van der Waals surface area contributed by atoms with Gasteiger partial charge < -0.3 is 0 Å². The van der Waals surface area contributed by atoms with E-state index < -0.39 is 43.8 Å². The largest absolute Gasteiger partial charge is 0.314 e. The summed E-state index contributed by atoms with van der Waals surface area (Å²) in [5, 5.41) is 31.9. The standard InChI is InChI=1S/C11H12N4O7/c1-3-7(2)12(15(21)22)11(16)8-4-9(13(17)18)6-10(5-8)14(19)20/h4-7H,3H2,1-2H3. The quantitative estimate of drug-likeness (QED) is 0.575. The number of hydrogen-bond acceptors (Lipinski definition) is 7. The molecule has 0 N–H and O–H groups in total. The van der Waals surface area contributed by atoms with E-state index in [9.17, 15) is 35.1 Å². The Morgan fingerprint density at radius 1 is 1.09 bits per heavy atom. The molecule has 118 valence electrons. The second-order valence-electron chi connectivity index (χ2n) is 4.40. The molecule has 1 aromatic carbocycles. The van der Waals surface area contributed by atoms with Crippen LogP contribution in [0.5, 0.6) is 0 Å². The van der Waals surface area contributed by atoms with Crippen molar-refractivity contribution in [3.8, 4) is 0 Å². The van der Waals surface area contributed by atoms with Crippen molar-refractivity contribution >= 4 is 17.3 Å². The lowest BCUT2D eigenvalue weighted by molar-refractivity contribution is -0.640. The highest BCUT2D eigenvalue weighted by molar-refractivity contribution is 5.95. The number of benzene rings is 1. The number of rotatable bonds is 6. The van der Waals surface area contributed by atoms with E-state index in [1.807, 2.05) is 0 Å². The summed E-state index contributed by atoms with van der Waals surface area (Å²) in [6.45, 7) is 3.04. The maximum absolute atomic E-state index is 12.2. The summed E-state index contributed by atoms with van der Waals surface area (Å²) in [4.78, 5) is 42.9. The fraction of sp³-hybridized carbons (Fsp3) is 0.364. The fourth-order valence-electron chi connectivity index (χ4n) is 1.67. The van der Waals surface area contributed by atoms with Crippen molar-refractivity contribution in [2.45, 2.75) is 26.3 Å². The molecule has 0 bridgehead atoms. The molecular formula is C11H12N4O7. The Balaban J connectivity index is 3.40. The van der Waals surface area contributed by atoms with Gasteiger partial charge in [-0.15, -0.1) is 0 Å². The molecular weight excluding hydrogens is 300 g/mol. The number of non-ortho nitro benzene ring substituents is 2. The number of amides is 1. The number of nitro benzene ring substituents is 2. The summed E-state index contributed by atoms with van der Waals surface area (Å²) < 4.78 is 0. The summed E-state index contributed by atoms with van der Waals surface area (Å²) in [5.74, 6) is -1.15. The Kier molecular flexibility index (Phi) is 5.05. The number of hydrazine groups is 1. The summed E-state index contributed by atoms with van der Waals surface area (Å²) >= 11 is 0. The third-order valence-corrected chi connectivity index (χ3v) is 2.96. The Labute approximate surface area is 123 Å². The van der Waals surface area contributed by atoms with Crippen LogP contribution in [0.2, 0.25) is 0 Å². The molecule has 0 heterocycles. The first-order valence-corrected chi connectivity index (χ1v) is 6.10. The summed E-state index contributed by atoms with van der Waals surface area (Å²) in [6.07, 6.45) is 0.268. The van der Waals surface area contributed by atoms with Crippen LogP contribution in [0.25, 0.3) is 0 Å².